The summed E-state index contributed by atoms with van der Waals surface area (Å²) in [5.41, 5.74) is 0. The van der Waals surface area contributed by atoms with Crippen LogP contribution in [0, 0.1) is 0 Å². The van der Waals surface area contributed by atoms with E-state index in [0.29, 0.717) is 0 Å². The molecule has 0 amide bonds. The number of carboxylic acid groups (broad SMARTS) is 1. The van der Waals surface area contributed by atoms with Crippen LogP contribution in [0.1, 0.15) is 0 Å². The summed E-state index contributed by atoms with van der Waals surface area (Å²) >= 11 is 0. The minimum absolute atomic E-state index is 0. The maximum absolute atomic E-state index is 11.5. The second kappa shape index (κ2) is 3.42. The number of halogens is 3. The van der Waals surface area contributed by atoms with Crippen molar-refractivity contribution >= 4 is 16.2 Å². The minimum Gasteiger partial charge on any atom is -0.476 e. The number of aliphatic carboxylic acids is 1. The molecule has 0 saturated carbocycles. The van der Waals surface area contributed by atoms with E-state index in [1.54, 1.807) is 0 Å². The molecule has 0 rings (SSSR count). The summed E-state index contributed by atoms with van der Waals surface area (Å²) < 4.78 is 52.8. The van der Waals surface area contributed by atoms with Crippen molar-refractivity contribution in [2.75, 3.05) is 0 Å². The fraction of sp³-hybridized carbons (Fsp3) is 0.500. The zero-order valence-electron chi connectivity index (χ0n) is 4.52. The number of hydrogen-bond acceptors (Lipinski definition) is 3. The van der Waals surface area contributed by atoms with Crippen molar-refractivity contribution in [3.8, 4) is 0 Å². The van der Waals surface area contributed by atoms with E-state index in [9.17, 15) is 25.9 Å². The summed E-state index contributed by atoms with van der Waals surface area (Å²) in [4.78, 5) is 9.30. The quantitative estimate of drug-likeness (QED) is 0.544. The maximum atomic E-state index is 11.5. The SMILES string of the molecule is O=C(O)C(F)(F)S(=O)(=O)F.[Cu]. The zero-order chi connectivity index (χ0) is 8.58. The molecule has 0 aliphatic rings. The van der Waals surface area contributed by atoms with E-state index in [2.05, 4.69) is 0 Å². The van der Waals surface area contributed by atoms with E-state index >= 15 is 0 Å². The number of rotatable bonds is 2. The molecule has 4 nitrogen and oxygen atoms in total. The van der Waals surface area contributed by atoms with Gasteiger partial charge in [-0.25, -0.2) is 4.79 Å². The van der Waals surface area contributed by atoms with Crippen LogP contribution in [0.15, 0.2) is 0 Å². The number of alkyl halides is 2. The topological polar surface area (TPSA) is 71.4 Å². The van der Waals surface area contributed by atoms with Crippen molar-refractivity contribution in [3.05, 3.63) is 0 Å². The molecule has 0 saturated heterocycles. The summed E-state index contributed by atoms with van der Waals surface area (Å²) in [6.45, 7) is 0. The van der Waals surface area contributed by atoms with Crippen molar-refractivity contribution in [3.63, 3.8) is 0 Å². The Kier molecular flexibility index (Phi) is 4.14. The van der Waals surface area contributed by atoms with Crippen LogP contribution < -0.4 is 0 Å². The third kappa shape index (κ3) is 2.68. The van der Waals surface area contributed by atoms with Gasteiger partial charge in [0.05, 0.1) is 0 Å². The summed E-state index contributed by atoms with van der Waals surface area (Å²) in [5, 5.41) is 2.07. The van der Waals surface area contributed by atoms with Crippen LogP contribution in [-0.2, 0) is 32.1 Å². The van der Waals surface area contributed by atoms with Crippen LogP contribution in [0.4, 0.5) is 12.7 Å². The molecular weight excluding hydrogens is 241 g/mol. The van der Waals surface area contributed by atoms with Gasteiger partial charge in [0.25, 0.3) is 0 Å². The number of carboxylic acids is 1. The van der Waals surface area contributed by atoms with Crippen LogP contribution in [0.5, 0.6) is 0 Å². The Bertz CT molecular complexity index is 246. The largest absolute Gasteiger partial charge is 0.476 e. The van der Waals surface area contributed by atoms with E-state index in [-0.39, 0.29) is 17.1 Å². The molecule has 0 unspecified atom stereocenters. The molecule has 0 aromatic carbocycles. The zero-order valence-corrected chi connectivity index (χ0v) is 6.27. The Hall–Kier alpha value is -0.271. The molecule has 0 atom stereocenters. The molecule has 0 heterocycles. The van der Waals surface area contributed by atoms with Crippen molar-refractivity contribution in [1.29, 1.82) is 0 Å². The van der Waals surface area contributed by atoms with Crippen molar-refractivity contribution < 1.29 is 48.1 Å². The second-order valence-corrected chi connectivity index (χ2v) is 2.65. The van der Waals surface area contributed by atoms with Gasteiger partial charge in [0, 0.05) is 17.1 Å². The van der Waals surface area contributed by atoms with Gasteiger partial charge in [-0.15, -0.1) is 0 Å². The van der Waals surface area contributed by atoms with Crippen LogP contribution >= 0.6 is 0 Å². The molecule has 0 fully saturated rings. The van der Waals surface area contributed by atoms with Gasteiger partial charge in [-0.05, 0) is 0 Å². The van der Waals surface area contributed by atoms with Gasteiger partial charge in [0.15, 0.2) is 0 Å². The maximum Gasteiger partial charge on any atom is 0.470 e. The Morgan fingerprint density at radius 2 is 1.64 bits per heavy atom. The summed E-state index contributed by atoms with van der Waals surface area (Å²) in [6, 6.07) is 0. The van der Waals surface area contributed by atoms with Crippen molar-refractivity contribution in [2.24, 2.45) is 0 Å². The molecule has 0 aliphatic carbocycles. The van der Waals surface area contributed by atoms with Crippen LogP contribution in [0.25, 0.3) is 0 Å². The smallest absolute Gasteiger partial charge is 0.470 e. The molecule has 0 aromatic heterocycles. The molecular formula is C2HCuF3O4S. The van der Waals surface area contributed by atoms with Crippen LogP contribution in [-0.4, -0.2) is 24.7 Å². The van der Waals surface area contributed by atoms with Crippen LogP contribution in [0.2, 0.25) is 0 Å². The molecule has 9 heteroatoms. The third-order valence-corrected chi connectivity index (χ3v) is 1.34. The van der Waals surface area contributed by atoms with Crippen LogP contribution in [0.3, 0.4) is 0 Å². The molecule has 0 bridgehead atoms. The summed E-state index contributed by atoms with van der Waals surface area (Å²) in [6.07, 6.45) is 0. The third-order valence-electron chi connectivity index (χ3n) is 0.555. The monoisotopic (exact) mass is 241 g/mol. The fourth-order valence-corrected chi connectivity index (χ4v) is 0.313. The van der Waals surface area contributed by atoms with Gasteiger partial charge in [0.2, 0.25) is 0 Å². The molecule has 0 aliphatic heterocycles. The van der Waals surface area contributed by atoms with Gasteiger partial charge in [-0.1, -0.05) is 3.89 Å². The normalized spacial score (nSPS) is 11.9. The Morgan fingerprint density at radius 1 is 1.36 bits per heavy atom. The average Bonchev–Trinajstić information content (AvgIpc) is 1.62. The predicted octanol–water partition coefficient (Wildman–Crippen LogP) is -0.0394. The van der Waals surface area contributed by atoms with E-state index in [1.165, 1.54) is 0 Å². The van der Waals surface area contributed by atoms with E-state index in [1.807, 2.05) is 0 Å². The molecule has 1 radical (unpaired) electrons. The van der Waals surface area contributed by atoms with Crippen molar-refractivity contribution in [2.45, 2.75) is 5.25 Å². The molecule has 1 N–H and O–H groups in total. The first-order valence-corrected chi connectivity index (χ1v) is 3.13. The Labute approximate surface area is 70.1 Å². The fourth-order valence-electron chi connectivity index (χ4n) is 0.104. The Morgan fingerprint density at radius 3 is 1.64 bits per heavy atom. The van der Waals surface area contributed by atoms with Gasteiger partial charge in [-0.2, -0.15) is 17.2 Å². The Balaban J connectivity index is 0. The molecule has 11 heavy (non-hydrogen) atoms. The van der Waals surface area contributed by atoms with E-state index in [4.69, 9.17) is 5.11 Å². The first-order chi connectivity index (χ1) is 4.19. The first kappa shape index (κ1) is 13.3. The summed E-state index contributed by atoms with van der Waals surface area (Å²) in [7, 11) is -6.33. The molecule has 0 spiro atoms. The molecule has 0 aromatic rings. The van der Waals surface area contributed by atoms with Crippen molar-refractivity contribution in [1.82, 2.24) is 0 Å². The van der Waals surface area contributed by atoms with Gasteiger partial charge in [0.1, 0.15) is 0 Å². The van der Waals surface area contributed by atoms with Gasteiger partial charge >= 0.3 is 21.4 Å². The first-order valence-electron chi connectivity index (χ1n) is 1.75. The standard InChI is InChI=1S/C2HF3O4S.Cu/c3-2(4,1(6)7)10(5,8)9;/h(H,6,7);. The number of carbonyl (C=O) groups is 1. The van der Waals surface area contributed by atoms with Gasteiger partial charge in [-0.3, -0.25) is 0 Å². The second-order valence-electron chi connectivity index (χ2n) is 1.26. The number of hydrogen-bond donors (Lipinski definition) is 1. The average molecular weight is 242 g/mol. The minimum atomic E-state index is -6.33. The van der Waals surface area contributed by atoms with E-state index in [0.717, 1.165) is 0 Å². The molecule has 71 valence electrons. The predicted molar refractivity (Wildman–Crippen MR) is 22.6 cm³/mol. The van der Waals surface area contributed by atoms with Gasteiger partial charge < -0.3 is 5.11 Å². The van der Waals surface area contributed by atoms with E-state index < -0.39 is 21.4 Å². The summed E-state index contributed by atoms with van der Waals surface area (Å²) in [5.74, 6) is -3.03.